The highest BCUT2D eigenvalue weighted by Crippen LogP contribution is 2.39. The molecule has 3 aromatic rings. The quantitative estimate of drug-likeness (QED) is 0.260. The first-order valence-electron chi connectivity index (χ1n) is 8.33. The minimum Gasteiger partial charge on any atom is -0.496 e. The van der Waals surface area contributed by atoms with Crippen LogP contribution >= 0.6 is 0 Å². The number of guanidine groups is 1. The number of carbonyl (C=O) groups excluding carboxylic acids is 1. The Morgan fingerprint density at radius 3 is 2.61 bits per heavy atom. The van der Waals surface area contributed by atoms with E-state index in [0.717, 1.165) is 27.6 Å². The van der Waals surface area contributed by atoms with Gasteiger partial charge in [0.2, 0.25) is 5.96 Å². The second-order valence-electron chi connectivity index (χ2n) is 5.98. The van der Waals surface area contributed by atoms with Gasteiger partial charge in [-0.15, -0.1) is 5.10 Å². The van der Waals surface area contributed by atoms with E-state index < -0.39 is 5.91 Å². The number of hydrogen-bond donors (Lipinski definition) is 5. The monoisotopic (exact) mass is 380 g/mol. The predicted molar refractivity (Wildman–Crippen MR) is 108 cm³/mol. The minimum absolute atomic E-state index is 0.228. The molecule has 0 unspecified atom stereocenters. The first-order chi connectivity index (χ1) is 13.5. The fraction of sp³-hybridized carbons (Fsp3) is 0.105. The van der Waals surface area contributed by atoms with E-state index in [2.05, 4.69) is 15.2 Å². The van der Waals surface area contributed by atoms with Gasteiger partial charge in [0.25, 0.3) is 5.91 Å². The third-order valence-corrected chi connectivity index (χ3v) is 4.26. The third-order valence-electron chi connectivity index (χ3n) is 4.26. The highest BCUT2D eigenvalue weighted by molar-refractivity contribution is 6.10. The summed E-state index contributed by atoms with van der Waals surface area (Å²) in [6, 6.07) is 12.9. The number of fused-ring (bicyclic) bond motifs is 1. The van der Waals surface area contributed by atoms with Crippen molar-refractivity contribution in [2.45, 2.75) is 6.92 Å². The lowest BCUT2D eigenvalue weighted by Crippen LogP contribution is -2.27. The van der Waals surface area contributed by atoms with Crippen LogP contribution in [0.3, 0.4) is 0 Å². The number of hydroxylamine groups is 1. The predicted octanol–water partition coefficient (Wildman–Crippen LogP) is 1.96. The summed E-state index contributed by atoms with van der Waals surface area (Å²) in [4.78, 5) is 14.6. The lowest BCUT2D eigenvalue weighted by molar-refractivity contribution is 0.0996. The number of nitrogens with zero attached hydrogens (tertiary/aromatic N) is 2. The van der Waals surface area contributed by atoms with Crippen molar-refractivity contribution in [2.75, 3.05) is 7.11 Å². The molecule has 0 aliphatic rings. The van der Waals surface area contributed by atoms with Crippen molar-refractivity contribution in [2.24, 2.45) is 21.7 Å². The van der Waals surface area contributed by atoms with Crippen molar-refractivity contribution in [3.8, 4) is 16.9 Å². The van der Waals surface area contributed by atoms with Gasteiger partial charge >= 0.3 is 0 Å². The van der Waals surface area contributed by atoms with Crippen LogP contribution in [0.15, 0.2) is 52.7 Å². The van der Waals surface area contributed by atoms with Crippen LogP contribution in [0.4, 0.5) is 0 Å². The number of nitrogens with two attached hydrogens (primary N) is 2. The van der Waals surface area contributed by atoms with Crippen molar-refractivity contribution in [1.29, 1.82) is 0 Å². The van der Waals surface area contributed by atoms with Gasteiger partial charge in [-0.2, -0.15) is 5.10 Å². The molecule has 1 amide bonds. The van der Waals surface area contributed by atoms with E-state index in [4.69, 9.17) is 21.4 Å². The molecule has 1 aromatic heterocycles. The van der Waals surface area contributed by atoms with Gasteiger partial charge in [0.15, 0.2) is 0 Å². The summed E-state index contributed by atoms with van der Waals surface area (Å²) >= 11 is 0. The summed E-state index contributed by atoms with van der Waals surface area (Å²) in [6.45, 7) is 1.77. The van der Waals surface area contributed by atoms with Crippen LogP contribution < -0.4 is 21.7 Å². The SMILES string of the molecule is COc1ccc2[nH]c(C(N)=O)cc2c1-c1ccccc1C(C)=NN=C(N)NO. The maximum Gasteiger partial charge on any atom is 0.265 e. The zero-order valence-corrected chi connectivity index (χ0v) is 15.4. The summed E-state index contributed by atoms with van der Waals surface area (Å²) in [5.74, 6) is -0.149. The smallest absolute Gasteiger partial charge is 0.265 e. The van der Waals surface area contributed by atoms with Crippen LogP contribution in [0.5, 0.6) is 5.75 Å². The topological polar surface area (TPSA) is 151 Å². The Kier molecular flexibility index (Phi) is 5.28. The lowest BCUT2D eigenvalue weighted by atomic mass is 9.94. The molecular weight excluding hydrogens is 360 g/mol. The third kappa shape index (κ3) is 3.51. The second kappa shape index (κ2) is 7.80. The number of benzene rings is 2. The number of carbonyl (C=O) groups is 1. The zero-order valence-electron chi connectivity index (χ0n) is 15.4. The van der Waals surface area contributed by atoms with Crippen LogP contribution in [-0.2, 0) is 0 Å². The molecule has 1 heterocycles. The molecule has 0 spiro atoms. The molecule has 0 fully saturated rings. The molecular formula is C19H20N6O3. The molecule has 0 saturated heterocycles. The van der Waals surface area contributed by atoms with Crippen LogP contribution in [-0.4, -0.2) is 34.9 Å². The Morgan fingerprint density at radius 1 is 1.18 bits per heavy atom. The highest BCUT2D eigenvalue weighted by Gasteiger charge is 2.18. The normalized spacial score (nSPS) is 12.2. The number of aromatic nitrogens is 1. The molecule has 9 heteroatoms. The average Bonchev–Trinajstić information content (AvgIpc) is 3.15. The molecule has 0 aliphatic carbocycles. The van der Waals surface area contributed by atoms with Crippen molar-refractivity contribution in [3.63, 3.8) is 0 Å². The van der Waals surface area contributed by atoms with Gasteiger partial charge < -0.3 is 21.2 Å². The molecule has 144 valence electrons. The summed E-state index contributed by atoms with van der Waals surface area (Å²) in [6.07, 6.45) is 0. The number of primary amides is 1. The van der Waals surface area contributed by atoms with Crippen molar-refractivity contribution >= 4 is 28.5 Å². The van der Waals surface area contributed by atoms with Crippen molar-refractivity contribution < 1.29 is 14.7 Å². The van der Waals surface area contributed by atoms with E-state index in [-0.39, 0.29) is 5.96 Å². The number of nitrogens with one attached hydrogen (secondary N) is 2. The van der Waals surface area contributed by atoms with Crippen molar-refractivity contribution in [1.82, 2.24) is 10.5 Å². The van der Waals surface area contributed by atoms with Crippen molar-refractivity contribution in [3.05, 3.63) is 53.7 Å². The molecule has 3 rings (SSSR count). The Bertz CT molecular complexity index is 1100. The number of H-pyrrole nitrogens is 1. The first-order valence-corrected chi connectivity index (χ1v) is 8.33. The summed E-state index contributed by atoms with van der Waals surface area (Å²) in [5.41, 5.74) is 16.6. The molecule has 7 N–H and O–H groups in total. The highest BCUT2D eigenvalue weighted by atomic mass is 16.5. The van der Waals surface area contributed by atoms with Gasteiger partial charge in [-0.3, -0.25) is 10.0 Å². The van der Waals surface area contributed by atoms with Gasteiger partial charge in [0, 0.05) is 22.0 Å². The maximum absolute atomic E-state index is 11.6. The molecule has 0 bridgehead atoms. The minimum atomic E-state index is -0.548. The number of rotatable bonds is 5. The lowest BCUT2D eigenvalue weighted by Gasteiger charge is -2.14. The maximum atomic E-state index is 11.6. The molecule has 0 radical (unpaired) electrons. The van der Waals surface area contributed by atoms with E-state index in [1.807, 2.05) is 36.4 Å². The first kappa shape index (κ1) is 18.9. The molecule has 2 aromatic carbocycles. The number of methoxy groups -OCH3 is 1. The van der Waals surface area contributed by atoms with Crippen LogP contribution in [0.2, 0.25) is 0 Å². The van der Waals surface area contributed by atoms with Crippen LogP contribution in [0.25, 0.3) is 22.0 Å². The Hall–Kier alpha value is -3.85. The zero-order chi connectivity index (χ0) is 20.3. The molecule has 28 heavy (non-hydrogen) atoms. The fourth-order valence-corrected chi connectivity index (χ4v) is 2.99. The van der Waals surface area contributed by atoms with Gasteiger partial charge in [-0.05, 0) is 30.7 Å². The van der Waals surface area contributed by atoms with E-state index >= 15 is 0 Å². The molecule has 0 atom stereocenters. The van der Waals surface area contributed by atoms with E-state index in [1.54, 1.807) is 25.6 Å². The van der Waals surface area contributed by atoms with Gasteiger partial charge in [-0.1, -0.05) is 24.3 Å². The average molecular weight is 380 g/mol. The number of amides is 1. The number of aromatic amines is 1. The standard InChI is InChI=1S/C19H20N6O3/c1-10(23-24-19(21)25-27)11-5-3-4-6-12(11)17-13-9-15(18(20)26)22-14(13)7-8-16(17)28-2/h3-9,22,27H,1-2H3,(H2,20,26)(H3,21,24,25). The van der Waals surface area contributed by atoms with Gasteiger partial charge in [0.1, 0.15) is 11.4 Å². The largest absolute Gasteiger partial charge is 0.496 e. The summed E-state index contributed by atoms with van der Waals surface area (Å²) < 4.78 is 5.57. The summed E-state index contributed by atoms with van der Waals surface area (Å²) in [5, 5.41) is 17.3. The Morgan fingerprint density at radius 2 is 1.93 bits per heavy atom. The van der Waals surface area contributed by atoms with Gasteiger partial charge in [0.05, 0.1) is 12.8 Å². The van der Waals surface area contributed by atoms with Gasteiger partial charge in [-0.25, -0.2) is 5.48 Å². The molecule has 9 nitrogen and oxygen atoms in total. The van der Waals surface area contributed by atoms with E-state index in [9.17, 15) is 4.79 Å². The number of ether oxygens (including phenoxy) is 1. The Balaban J connectivity index is 2.27. The summed E-state index contributed by atoms with van der Waals surface area (Å²) in [7, 11) is 1.58. The fourth-order valence-electron chi connectivity index (χ4n) is 2.99. The van der Waals surface area contributed by atoms with Crippen LogP contribution in [0.1, 0.15) is 23.0 Å². The van der Waals surface area contributed by atoms with E-state index in [1.165, 1.54) is 0 Å². The molecule has 0 aliphatic heterocycles. The second-order valence-corrected chi connectivity index (χ2v) is 5.98. The van der Waals surface area contributed by atoms with Crippen LogP contribution in [0, 0.1) is 0 Å². The Labute approximate surface area is 160 Å². The number of hydrogen-bond acceptors (Lipinski definition) is 5. The molecule has 0 saturated carbocycles. The van der Waals surface area contributed by atoms with E-state index in [0.29, 0.717) is 17.2 Å².